The van der Waals surface area contributed by atoms with Crippen molar-refractivity contribution in [3.05, 3.63) is 18.1 Å². The Bertz CT molecular complexity index is 443. The average Bonchev–Trinajstić information content (AvgIpc) is 2.48. The molecule has 1 heterocycles. The van der Waals surface area contributed by atoms with Crippen molar-refractivity contribution in [3.63, 3.8) is 0 Å². The number of amides is 1. The molecule has 2 rings (SSSR count). The molecule has 0 spiro atoms. The molecule has 0 aliphatic heterocycles. The van der Waals surface area contributed by atoms with Crippen LogP contribution in [0.25, 0.3) is 0 Å². The van der Waals surface area contributed by atoms with Crippen LogP contribution in [-0.4, -0.2) is 28.0 Å². The number of nitrogens with zero attached hydrogens (tertiary/aromatic N) is 2. The number of carbonyl (C=O) groups is 1. The molecular weight excluding hydrogens is 252 g/mol. The minimum Gasteiger partial charge on any atom is -0.368 e. The summed E-state index contributed by atoms with van der Waals surface area (Å²) in [5.41, 5.74) is 0.441. The Balaban J connectivity index is 1.96. The summed E-state index contributed by atoms with van der Waals surface area (Å²) in [4.78, 5) is 20.4. The zero-order valence-electron chi connectivity index (χ0n) is 12.4. The van der Waals surface area contributed by atoms with Gasteiger partial charge in [0.2, 0.25) is 0 Å². The molecule has 110 valence electrons. The summed E-state index contributed by atoms with van der Waals surface area (Å²) in [5.74, 6) is 0.620. The molecule has 0 saturated heterocycles. The van der Waals surface area contributed by atoms with Crippen LogP contribution >= 0.6 is 0 Å². The number of aromatic nitrogens is 2. The molecule has 0 aromatic carbocycles. The lowest BCUT2D eigenvalue weighted by atomic mass is 9.95. The van der Waals surface area contributed by atoms with E-state index < -0.39 is 0 Å². The number of hydrogen-bond acceptors (Lipinski definition) is 4. The second-order valence-corrected chi connectivity index (χ2v) is 5.55. The lowest BCUT2D eigenvalue weighted by Gasteiger charge is -2.22. The van der Waals surface area contributed by atoms with E-state index in [0.717, 1.165) is 19.3 Å². The molecule has 5 nitrogen and oxygen atoms in total. The molecule has 5 heteroatoms. The Morgan fingerprint density at radius 2 is 2.10 bits per heavy atom. The molecule has 1 saturated carbocycles. The SMILES string of the molecule is CCC(C)Nc1cc(C(=O)NC2CCCCC2)ncn1. The summed E-state index contributed by atoms with van der Waals surface area (Å²) in [6.45, 7) is 4.19. The van der Waals surface area contributed by atoms with Crippen molar-refractivity contribution in [2.24, 2.45) is 0 Å². The number of rotatable bonds is 5. The van der Waals surface area contributed by atoms with E-state index in [1.54, 1.807) is 6.07 Å². The molecule has 1 aromatic rings. The van der Waals surface area contributed by atoms with E-state index in [1.807, 2.05) is 0 Å². The van der Waals surface area contributed by atoms with E-state index in [2.05, 4.69) is 34.4 Å². The van der Waals surface area contributed by atoms with Crippen molar-refractivity contribution in [1.82, 2.24) is 15.3 Å². The van der Waals surface area contributed by atoms with Crippen LogP contribution in [0.5, 0.6) is 0 Å². The van der Waals surface area contributed by atoms with Crippen LogP contribution in [0.4, 0.5) is 5.82 Å². The topological polar surface area (TPSA) is 66.9 Å². The number of nitrogens with one attached hydrogen (secondary N) is 2. The zero-order chi connectivity index (χ0) is 14.4. The third-order valence-corrected chi connectivity index (χ3v) is 3.85. The van der Waals surface area contributed by atoms with Crippen molar-refractivity contribution in [2.45, 2.75) is 64.5 Å². The summed E-state index contributed by atoms with van der Waals surface area (Å²) in [7, 11) is 0. The number of anilines is 1. The fourth-order valence-electron chi connectivity index (χ4n) is 2.42. The Kier molecular flexibility index (Phi) is 5.32. The molecule has 1 unspecified atom stereocenters. The fraction of sp³-hybridized carbons (Fsp3) is 0.667. The van der Waals surface area contributed by atoms with Crippen LogP contribution in [-0.2, 0) is 0 Å². The molecule has 1 amide bonds. The first-order valence-electron chi connectivity index (χ1n) is 7.58. The standard InChI is InChI=1S/C15H24N4O/c1-3-11(2)18-14-9-13(16-10-17-14)15(20)19-12-7-5-4-6-8-12/h9-12H,3-8H2,1-2H3,(H,19,20)(H,16,17,18). The smallest absolute Gasteiger partial charge is 0.270 e. The second kappa shape index (κ2) is 7.22. The monoisotopic (exact) mass is 276 g/mol. The number of hydrogen-bond donors (Lipinski definition) is 2. The maximum absolute atomic E-state index is 12.2. The van der Waals surface area contributed by atoms with E-state index in [9.17, 15) is 4.79 Å². The van der Waals surface area contributed by atoms with Crippen LogP contribution in [0, 0.1) is 0 Å². The molecule has 1 aliphatic rings. The van der Waals surface area contributed by atoms with E-state index >= 15 is 0 Å². The molecule has 2 N–H and O–H groups in total. The fourth-order valence-corrected chi connectivity index (χ4v) is 2.42. The summed E-state index contributed by atoms with van der Waals surface area (Å²) in [5, 5.41) is 6.33. The first-order chi connectivity index (χ1) is 9.69. The first kappa shape index (κ1) is 14.8. The highest BCUT2D eigenvalue weighted by molar-refractivity contribution is 5.93. The highest BCUT2D eigenvalue weighted by atomic mass is 16.1. The van der Waals surface area contributed by atoms with Gasteiger partial charge in [-0.25, -0.2) is 9.97 Å². The summed E-state index contributed by atoms with van der Waals surface area (Å²) >= 11 is 0. The summed E-state index contributed by atoms with van der Waals surface area (Å²) in [6, 6.07) is 2.36. The van der Waals surface area contributed by atoms with E-state index in [0.29, 0.717) is 23.6 Å². The molecular formula is C15H24N4O. The minimum absolute atomic E-state index is 0.0912. The van der Waals surface area contributed by atoms with E-state index in [1.165, 1.54) is 25.6 Å². The molecule has 0 radical (unpaired) electrons. The van der Waals surface area contributed by atoms with Crippen LogP contribution in [0.1, 0.15) is 62.9 Å². The van der Waals surface area contributed by atoms with Gasteiger partial charge < -0.3 is 10.6 Å². The van der Waals surface area contributed by atoms with Crippen molar-refractivity contribution in [3.8, 4) is 0 Å². The predicted molar refractivity (Wildman–Crippen MR) is 79.7 cm³/mol. The minimum atomic E-state index is -0.0912. The highest BCUT2D eigenvalue weighted by Crippen LogP contribution is 2.18. The van der Waals surface area contributed by atoms with Gasteiger partial charge in [-0.1, -0.05) is 26.2 Å². The quantitative estimate of drug-likeness (QED) is 0.867. The normalized spacial score (nSPS) is 17.5. The van der Waals surface area contributed by atoms with Gasteiger partial charge >= 0.3 is 0 Å². The van der Waals surface area contributed by atoms with Crippen molar-refractivity contribution in [1.29, 1.82) is 0 Å². The van der Waals surface area contributed by atoms with Crippen LogP contribution < -0.4 is 10.6 Å². The van der Waals surface area contributed by atoms with Gasteiger partial charge in [0.1, 0.15) is 17.8 Å². The third kappa shape index (κ3) is 4.18. The molecule has 1 atom stereocenters. The van der Waals surface area contributed by atoms with Gasteiger partial charge in [-0.05, 0) is 26.2 Å². The summed E-state index contributed by atoms with van der Waals surface area (Å²) in [6.07, 6.45) is 8.30. The molecule has 0 bridgehead atoms. The van der Waals surface area contributed by atoms with E-state index in [-0.39, 0.29) is 5.91 Å². The Labute approximate surface area is 120 Å². The van der Waals surface area contributed by atoms with Gasteiger partial charge in [-0.15, -0.1) is 0 Å². The lowest BCUT2D eigenvalue weighted by molar-refractivity contribution is 0.0922. The third-order valence-electron chi connectivity index (χ3n) is 3.85. The largest absolute Gasteiger partial charge is 0.368 e. The van der Waals surface area contributed by atoms with Crippen LogP contribution in [0.15, 0.2) is 12.4 Å². The average molecular weight is 276 g/mol. The molecule has 20 heavy (non-hydrogen) atoms. The van der Waals surface area contributed by atoms with Crippen LogP contribution in [0.2, 0.25) is 0 Å². The molecule has 1 fully saturated rings. The van der Waals surface area contributed by atoms with Crippen molar-refractivity contribution >= 4 is 11.7 Å². The molecule has 1 aromatic heterocycles. The lowest BCUT2D eigenvalue weighted by Crippen LogP contribution is -2.36. The number of carbonyl (C=O) groups excluding carboxylic acids is 1. The van der Waals surface area contributed by atoms with E-state index in [4.69, 9.17) is 0 Å². The maximum Gasteiger partial charge on any atom is 0.270 e. The Hall–Kier alpha value is -1.65. The summed E-state index contributed by atoms with van der Waals surface area (Å²) < 4.78 is 0. The first-order valence-corrected chi connectivity index (χ1v) is 7.58. The van der Waals surface area contributed by atoms with Crippen LogP contribution in [0.3, 0.4) is 0 Å². The van der Waals surface area contributed by atoms with Gasteiger partial charge in [-0.2, -0.15) is 0 Å². The Morgan fingerprint density at radius 3 is 2.80 bits per heavy atom. The van der Waals surface area contributed by atoms with Gasteiger partial charge in [0.25, 0.3) is 5.91 Å². The van der Waals surface area contributed by atoms with Gasteiger partial charge in [0.05, 0.1) is 0 Å². The van der Waals surface area contributed by atoms with Gasteiger partial charge in [-0.3, -0.25) is 4.79 Å². The highest BCUT2D eigenvalue weighted by Gasteiger charge is 2.17. The van der Waals surface area contributed by atoms with Crippen molar-refractivity contribution in [2.75, 3.05) is 5.32 Å². The van der Waals surface area contributed by atoms with Gasteiger partial charge in [0, 0.05) is 18.2 Å². The van der Waals surface area contributed by atoms with Gasteiger partial charge in [0.15, 0.2) is 0 Å². The van der Waals surface area contributed by atoms with Crippen molar-refractivity contribution < 1.29 is 4.79 Å². The maximum atomic E-state index is 12.2. The molecule has 1 aliphatic carbocycles. The predicted octanol–water partition coefficient (Wildman–Crippen LogP) is 2.75. The second-order valence-electron chi connectivity index (χ2n) is 5.55. The zero-order valence-corrected chi connectivity index (χ0v) is 12.4. The Morgan fingerprint density at radius 1 is 1.35 bits per heavy atom.